The van der Waals surface area contributed by atoms with E-state index >= 15 is 0 Å². The van der Waals surface area contributed by atoms with Crippen LogP contribution in [0.1, 0.15) is 34.9 Å². The number of hydrogen-bond acceptors (Lipinski definition) is 4. The number of benzene rings is 2. The molecule has 1 unspecified atom stereocenters. The Labute approximate surface area is 150 Å². The van der Waals surface area contributed by atoms with Crippen LogP contribution in [0.3, 0.4) is 0 Å². The zero-order valence-electron chi connectivity index (χ0n) is 14.4. The number of aromatic amines is 1. The molecular formula is C20H19N3O3. The van der Waals surface area contributed by atoms with Crippen molar-refractivity contribution in [2.45, 2.75) is 18.9 Å². The minimum absolute atomic E-state index is 0.000830. The number of H-pyrrole nitrogens is 1. The average Bonchev–Trinajstić information content (AvgIpc) is 3.18. The quantitative estimate of drug-likeness (QED) is 0.789. The van der Waals surface area contributed by atoms with Crippen LogP contribution in [0.2, 0.25) is 0 Å². The Balaban J connectivity index is 1.71. The minimum Gasteiger partial charge on any atom is -0.497 e. The summed E-state index contributed by atoms with van der Waals surface area (Å²) in [6, 6.07) is 14.9. The van der Waals surface area contributed by atoms with Crippen molar-refractivity contribution in [2.24, 2.45) is 0 Å². The van der Waals surface area contributed by atoms with Crippen LogP contribution in [-0.2, 0) is 0 Å². The molecule has 0 bridgehead atoms. The van der Waals surface area contributed by atoms with Crippen molar-refractivity contribution < 1.29 is 9.53 Å². The monoisotopic (exact) mass is 349 g/mol. The van der Waals surface area contributed by atoms with Crippen LogP contribution in [0.4, 0.5) is 0 Å². The third-order valence-electron chi connectivity index (χ3n) is 4.91. The molecule has 0 saturated carbocycles. The highest BCUT2D eigenvalue weighted by molar-refractivity contribution is 6.04. The number of amides is 1. The van der Waals surface area contributed by atoms with Gasteiger partial charge in [0.2, 0.25) is 0 Å². The summed E-state index contributed by atoms with van der Waals surface area (Å²) in [6.45, 7) is 0.671. The van der Waals surface area contributed by atoms with Gasteiger partial charge in [-0.25, -0.2) is 5.10 Å². The number of ether oxygens (including phenoxy) is 1. The zero-order chi connectivity index (χ0) is 18.1. The van der Waals surface area contributed by atoms with Crippen molar-refractivity contribution in [3.8, 4) is 5.75 Å². The molecule has 6 nitrogen and oxygen atoms in total. The number of aromatic nitrogens is 2. The van der Waals surface area contributed by atoms with Gasteiger partial charge in [-0.05, 0) is 36.6 Å². The molecule has 1 atom stereocenters. The fraction of sp³-hybridized carbons (Fsp3) is 0.250. The third-order valence-corrected chi connectivity index (χ3v) is 4.91. The van der Waals surface area contributed by atoms with E-state index < -0.39 is 0 Å². The molecule has 132 valence electrons. The Morgan fingerprint density at radius 3 is 2.62 bits per heavy atom. The number of hydrogen-bond donors (Lipinski definition) is 1. The van der Waals surface area contributed by atoms with Gasteiger partial charge in [-0.2, -0.15) is 5.10 Å². The highest BCUT2D eigenvalue weighted by Crippen LogP contribution is 2.34. The van der Waals surface area contributed by atoms with Crippen LogP contribution >= 0.6 is 0 Å². The summed E-state index contributed by atoms with van der Waals surface area (Å²) in [5, 5.41) is 7.57. The number of carbonyl (C=O) groups excluding carboxylic acids is 1. The Hall–Kier alpha value is -3.15. The van der Waals surface area contributed by atoms with Gasteiger partial charge in [0.05, 0.1) is 18.5 Å². The maximum atomic E-state index is 13.2. The summed E-state index contributed by atoms with van der Waals surface area (Å²) >= 11 is 0. The van der Waals surface area contributed by atoms with Gasteiger partial charge in [0.25, 0.3) is 11.5 Å². The Morgan fingerprint density at radius 2 is 1.88 bits per heavy atom. The van der Waals surface area contributed by atoms with Crippen LogP contribution < -0.4 is 10.3 Å². The second kappa shape index (κ2) is 6.63. The minimum atomic E-state index is -0.287. The molecule has 1 saturated heterocycles. The fourth-order valence-electron chi connectivity index (χ4n) is 3.60. The van der Waals surface area contributed by atoms with E-state index in [0.29, 0.717) is 23.0 Å². The Bertz CT molecular complexity index is 1010. The second-order valence-electron chi connectivity index (χ2n) is 6.38. The standard InChI is InChI=1S/C20H19N3O3/c1-26-14-10-8-13(9-11-14)17-7-4-12-23(17)20(25)18-15-5-2-3-6-16(15)19(24)22-21-18/h2-3,5-6,8-11,17H,4,7,12H2,1H3,(H,22,24). The molecule has 4 rings (SSSR count). The molecule has 1 fully saturated rings. The molecule has 0 aliphatic carbocycles. The van der Waals surface area contributed by atoms with E-state index in [9.17, 15) is 9.59 Å². The first-order valence-corrected chi connectivity index (χ1v) is 8.61. The number of likely N-dealkylation sites (tertiary alicyclic amines) is 1. The highest BCUT2D eigenvalue weighted by atomic mass is 16.5. The Morgan fingerprint density at radius 1 is 1.15 bits per heavy atom. The summed E-state index contributed by atoms with van der Waals surface area (Å²) < 4.78 is 5.21. The lowest BCUT2D eigenvalue weighted by molar-refractivity contribution is 0.0730. The maximum absolute atomic E-state index is 13.2. The van der Waals surface area contributed by atoms with Crippen LogP contribution in [0.5, 0.6) is 5.75 Å². The van der Waals surface area contributed by atoms with Gasteiger partial charge in [0.1, 0.15) is 5.75 Å². The summed E-state index contributed by atoms with van der Waals surface area (Å²) in [6.07, 6.45) is 1.84. The van der Waals surface area contributed by atoms with Crippen LogP contribution in [-0.4, -0.2) is 34.7 Å². The smallest absolute Gasteiger partial charge is 0.275 e. The summed E-state index contributed by atoms with van der Waals surface area (Å²) in [5.41, 5.74) is 1.08. The molecule has 2 heterocycles. The lowest BCUT2D eigenvalue weighted by Crippen LogP contribution is -2.32. The van der Waals surface area contributed by atoms with Gasteiger partial charge < -0.3 is 9.64 Å². The van der Waals surface area contributed by atoms with Gasteiger partial charge in [0, 0.05) is 11.9 Å². The number of rotatable bonds is 3. The van der Waals surface area contributed by atoms with Crippen LogP contribution in [0.15, 0.2) is 53.3 Å². The molecule has 2 aromatic carbocycles. The lowest BCUT2D eigenvalue weighted by atomic mass is 10.0. The van der Waals surface area contributed by atoms with E-state index in [-0.39, 0.29) is 17.5 Å². The molecule has 0 radical (unpaired) electrons. The predicted molar refractivity (Wildman–Crippen MR) is 98.4 cm³/mol. The molecule has 3 aromatic rings. The summed E-state index contributed by atoms with van der Waals surface area (Å²) in [7, 11) is 1.63. The van der Waals surface area contributed by atoms with Gasteiger partial charge in [0.15, 0.2) is 5.69 Å². The van der Waals surface area contributed by atoms with E-state index in [0.717, 1.165) is 24.2 Å². The van der Waals surface area contributed by atoms with E-state index in [1.54, 1.807) is 25.3 Å². The molecule has 1 aliphatic heterocycles. The maximum Gasteiger partial charge on any atom is 0.275 e. The van der Waals surface area contributed by atoms with Crippen molar-refractivity contribution in [1.29, 1.82) is 0 Å². The number of nitrogens with zero attached hydrogens (tertiary/aromatic N) is 2. The van der Waals surface area contributed by atoms with Crippen LogP contribution in [0.25, 0.3) is 10.8 Å². The molecule has 0 spiro atoms. The summed E-state index contributed by atoms with van der Waals surface area (Å²) in [5.74, 6) is 0.633. The SMILES string of the molecule is COc1ccc(C2CCCN2C(=O)c2n[nH]c(=O)c3ccccc23)cc1. The third kappa shape index (κ3) is 2.73. The second-order valence-corrected chi connectivity index (χ2v) is 6.38. The van der Waals surface area contributed by atoms with E-state index in [2.05, 4.69) is 10.2 Å². The average molecular weight is 349 g/mol. The van der Waals surface area contributed by atoms with Crippen molar-refractivity contribution in [3.63, 3.8) is 0 Å². The van der Waals surface area contributed by atoms with E-state index in [1.807, 2.05) is 35.2 Å². The van der Waals surface area contributed by atoms with Gasteiger partial charge in [-0.3, -0.25) is 9.59 Å². The molecule has 1 aliphatic rings. The molecule has 1 N–H and O–H groups in total. The van der Waals surface area contributed by atoms with Crippen LogP contribution in [0, 0.1) is 0 Å². The fourth-order valence-corrected chi connectivity index (χ4v) is 3.60. The Kier molecular flexibility index (Phi) is 4.16. The predicted octanol–water partition coefficient (Wildman–Crippen LogP) is 2.91. The lowest BCUT2D eigenvalue weighted by Gasteiger charge is -2.25. The molecule has 26 heavy (non-hydrogen) atoms. The van der Waals surface area contributed by atoms with Gasteiger partial charge >= 0.3 is 0 Å². The van der Waals surface area contributed by atoms with Crippen molar-refractivity contribution in [3.05, 3.63) is 70.1 Å². The molecule has 1 aromatic heterocycles. The van der Waals surface area contributed by atoms with Crippen molar-refractivity contribution >= 4 is 16.7 Å². The largest absolute Gasteiger partial charge is 0.497 e. The number of nitrogens with one attached hydrogen (secondary N) is 1. The number of fused-ring (bicyclic) bond motifs is 1. The number of methoxy groups -OCH3 is 1. The van der Waals surface area contributed by atoms with E-state index in [4.69, 9.17) is 4.74 Å². The van der Waals surface area contributed by atoms with Crippen molar-refractivity contribution in [2.75, 3.05) is 13.7 Å². The molecule has 1 amide bonds. The normalized spacial score (nSPS) is 16.8. The van der Waals surface area contributed by atoms with Gasteiger partial charge in [-0.15, -0.1) is 0 Å². The van der Waals surface area contributed by atoms with Crippen molar-refractivity contribution in [1.82, 2.24) is 15.1 Å². The van der Waals surface area contributed by atoms with Gasteiger partial charge in [-0.1, -0.05) is 30.3 Å². The topological polar surface area (TPSA) is 75.3 Å². The first kappa shape index (κ1) is 16.3. The highest BCUT2D eigenvalue weighted by Gasteiger charge is 2.32. The molecule has 6 heteroatoms. The summed E-state index contributed by atoms with van der Waals surface area (Å²) in [4.78, 5) is 27.0. The van der Waals surface area contributed by atoms with E-state index in [1.165, 1.54) is 0 Å². The number of carbonyl (C=O) groups is 1. The first-order valence-electron chi connectivity index (χ1n) is 8.61. The molecular weight excluding hydrogens is 330 g/mol. The first-order chi connectivity index (χ1) is 12.7. The zero-order valence-corrected chi connectivity index (χ0v) is 14.4.